The lowest BCUT2D eigenvalue weighted by Crippen LogP contribution is -2.20. The van der Waals surface area contributed by atoms with Gasteiger partial charge in [-0.25, -0.2) is 0 Å². The molecule has 2 aliphatic rings. The summed E-state index contributed by atoms with van der Waals surface area (Å²) >= 11 is 0. The van der Waals surface area contributed by atoms with Crippen molar-refractivity contribution in [3.63, 3.8) is 0 Å². The molecule has 1 N–H and O–H groups in total. The van der Waals surface area contributed by atoms with E-state index in [0.717, 1.165) is 23.5 Å². The number of hydrogen-bond acceptors (Lipinski definition) is 3. The Hall–Kier alpha value is -1.38. The highest BCUT2D eigenvalue weighted by Gasteiger charge is 2.32. The van der Waals surface area contributed by atoms with Crippen LogP contribution in [0.2, 0.25) is 0 Å². The van der Waals surface area contributed by atoms with Crippen molar-refractivity contribution in [1.82, 2.24) is 4.98 Å². The fraction of sp³-hybridized carbons (Fsp3) is 0.571. The Morgan fingerprint density at radius 1 is 1.53 bits per heavy atom. The minimum absolute atomic E-state index is 0.0768. The number of fused-ring (bicyclic) bond motifs is 1. The van der Waals surface area contributed by atoms with Crippen molar-refractivity contribution in [1.29, 1.82) is 0 Å². The molecule has 3 nitrogen and oxygen atoms in total. The van der Waals surface area contributed by atoms with Crippen LogP contribution in [0, 0.1) is 5.92 Å². The molecule has 1 aromatic heterocycles. The van der Waals surface area contributed by atoms with E-state index in [9.17, 15) is 4.79 Å². The maximum atomic E-state index is 12.0. The van der Waals surface area contributed by atoms with Crippen LogP contribution >= 0.6 is 0 Å². The first-order valence-corrected chi connectivity index (χ1v) is 6.34. The predicted molar refractivity (Wildman–Crippen MR) is 67.4 cm³/mol. The molecule has 17 heavy (non-hydrogen) atoms. The van der Waals surface area contributed by atoms with E-state index in [1.807, 2.05) is 6.07 Å². The molecular formula is C14H18N2O. The summed E-state index contributed by atoms with van der Waals surface area (Å²) in [5.74, 6) is 0.884. The van der Waals surface area contributed by atoms with Crippen molar-refractivity contribution in [3.05, 3.63) is 23.5 Å². The normalized spacial score (nSPS) is 20.8. The smallest absolute Gasteiger partial charge is 0.164 e. The van der Waals surface area contributed by atoms with E-state index >= 15 is 0 Å². The van der Waals surface area contributed by atoms with Crippen LogP contribution in [0.1, 0.15) is 49.2 Å². The molecule has 0 amide bonds. The Labute approximate surface area is 102 Å². The van der Waals surface area contributed by atoms with E-state index in [4.69, 9.17) is 0 Å². The van der Waals surface area contributed by atoms with Crippen molar-refractivity contribution in [2.45, 2.75) is 38.5 Å². The van der Waals surface area contributed by atoms with Crippen LogP contribution in [0.3, 0.4) is 0 Å². The molecular weight excluding hydrogens is 212 g/mol. The van der Waals surface area contributed by atoms with Crippen molar-refractivity contribution < 1.29 is 4.79 Å². The van der Waals surface area contributed by atoms with Crippen molar-refractivity contribution in [3.8, 4) is 0 Å². The first-order chi connectivity index (χ1) is 8.06. The second kappa shape index (κ2) is 3.56. The SMILES string of the molecule is CC1(C)CNc2cc(C(=O)CC3CC3)cnc21. The highest BCUT2D eigenvalue weighted by molar-refractivity contribution is 5.97. The molecule has 0 saturated heterocycles. The number of carbonyl (C=O) groups excluding carboxylic acids is 1. The molecule has 0 atom stereocenters. The number of nitrogens with one attached hydrogen (secondary N) is 1. The molecule has 0 bridgehead atoms. The van der Waals surface area contributed by atoms with Gasteiger partial charge in [-0.1, -0.05) is 13.8 Å². The summed E-state index contributed by atoms with van der Waals surface area (Å²) in [6.07, 6.45) is 4.88. The third-order valence-corrected chi connectivity index (χ3v) is 3.74. The van der Waals surface area contributed by atoms with E-state index in [0.29, 0.717) is 12.3 Å². The molecule has 0 aromatic carbocycles. The standard InChI is InChI=1S/C14H18N2O/c1-14(2)8-16-11-6-10(7-15-13(11)14)12(17)5-9-3-4-9/h6-7,9,16H,3-5,8H2,1-2H3. The van der Waals surface area contributed by atoms with Crippen molar-refractivity contribution >= 4 is 11.5 Å². The Morgan fingerprint density at radius 3 is 3.00 bits per heavy atom. The fourth-order valence-electron chi connectivity index (χ4n) is 2.39. The van der Waals surface area contributed by atoms with Gasteiger partial charge in [0.1, 0.15) is 0 Å². The number of carbonyl (C=O) groups is 1. The van der Waals surface area contributed by atoms with E-state index in [-0.39, 0.29) is 11.2 Å². The second-order valence-electron chi connectivity index (χ2n) is 5.93. The molecule has 1 aromatic rings. The first-order valence-electron chi connectivity index (χ1n) is 6.34. The molecule has 0 spiro atoms. The molecule has 0 unspecified atom stereocenters. The van der Waals surface area contributed by atoms with Gasteiger partial charge in [0.05, 0.1) is 11.4 Å². The summed E-state index contributed by atoms with van der Waals surface area (Å²) in [4.78, 5) is 16.5. The maximum absolute atomic E-state index is 12.0. The Morgan fingerprint density at radius 2 is 2.29 bits per heavy atom. The summed E-state index contributed by atoms with van der Waals surface area (Å²) in [6, 6.07) is 1.97. The molecule has 2 heterocycles. The van der Waals surface area contributed by atoms with Gasteiger partial charge >= 0.3 is 0 Å². The van der Waals surface area contributed by atoms with Crippen LogP contribution in [0.25, 0.3) is 0 Å². The third kappa shape index (κ3) is 1.94. The Balaban J connectivity index is 1.86. The van der Waals surface area contributed by atoms with Gasteiger partial charge in [-0.05, 0) is 24.8 Å². The van der Waals surface area contributed by atoms with E-state index in [2.05, 4.69) is 24.1 Å². The Bertz CT molecular complexity index is 475. The van der Waals surface area contributed by atoms with Crippen LogP contribution in [0.4, 0.5) is 5.69 Å². The van der Waals surface area contributed by atoms with E-state index in [1.165, 1.54) is 12.8 Å². The summed E-state index contributed by atoms with van der Waals surface area (Å²) in [7, 11) is 0. The van der Waals surface area contributed by atoms with Gasteiger partial charge in [0.15, 0.2) is 5.78 Å². The monoisotopic (exact) mass is 230 g/mol. The van der Waals surface area contributed by atoms with Gasteiger partial charge < -0.3 is 5.32 Å². The molecule has 3 heteroatoms. The van der Waals surface area contributed by atoms with E-state index < -0.39 is 0 Å². The topological polar surface area (TPSA) is 42.0 Å². The molecule has 1 fully saturated rings. The fourth-order valence-corrected chi connectivity index (χ4v) is 2.39. The van der Waals surface area contributed by atoms with Crippen LogP contribution in [-0.4, -0.2) is 17.3 Å². The number of pyridine rings is 1. The summed E-state index contributed by atoms with van der Waals surface area (Å²) < 4.78 is 0. The summed E-state index contributed by atoms with van der Waals surface area (Å²) in [5, 5.41) is 3.34. The minimum atomic E-state index is 0.0768. The lowest BCUT2D eigenvalue weighted by Gasteiger charge is -2.15. The Kier molecular flexibility index (Phi) is 2.25. The van der Waals surface area contributed by atoms with Gasteiger partial charge in [0, 0.05) is 30.1 Å². The van der Waals surface area contributed by atoms with Gasteiger partial charge in [-0.2, -0.15) is 0 Å². The molecule has 1 aliphatic carbocycles. The van der Waals surface area contributed by atoms with Crippen LogP contribution in [0.5, 0.6) is 0 Å². The third-order valence-electron chi connectivity index (χ3n) is 3.74. The molecule has 90 valence electrons. The average molecular weight is 230 g/mol. The highest BCUT2D eigenvalue weighted by Crippen LogP contribution is 2.36. The molecule has 1 saturated carbocycles. The zero-order chi connectivity index (χ0) is 12.0. The lowest BCUT2D eigenvalue weighted by atomic mass is 9.91. The lowest BCUT2D eigenvalue weighted by molar-refractivity contribution is 0.0975. The minimum Gasteiger partial charge on any atom is -0.383 e. The van der Waals surface area contributed by atoms with E-state index in [1.54, 1.807) is 6.20 Å². The van der Waals surface area contributed by atoms with Crippen LogP contribution in [0.15, 0.2) is 12.3 Å². The highest BCUT2D eigenvalue weighted by atomic mass is 16.1. The zero-order valence-corrected chi connectivity index (χ0v) is 10.4. The van der Waals surface area contributed by atoms with Crippen LogP contribution in [-0.2, 0) is 5.41 Å². The number of nitrogens with zero attached hydrogens (tertiary/aromatic N) is 1. The quantitative estimate of drug-likeness (QED) is 0.812. The maximum Gasteiger partial charge on any atom is 0.164 e. The first kappa shape index (κ1) is 10.8. The number of rotatable bonds is 3. The largest absolute Gasteiger partial charge is 0.383 e. The van der Waals surface area contributed by atoms with Gasteiger partial charge in [0.2, 0.25) is 0 Å². The molecule has 1 aliphatic heterocycles. The number of anilines is 1. The van der Waals surface area contributed by atoms with Gasteiger partial charge in [-0.15, -0.1) is 0 Å². The van der Waals surface area contributed by atoms with Crippen molar-refractivity contribution in [2.24, 2.45) is 5.92 Å². The summed E-state index contributed by atoms with van der Waals surface area (Å²) in [6.45, 7) is 5.24. The zero-order valence-electron chi connectivity index (χ0n) is 10.4. The number of hydrogen-bond donors (Lipinski definition) is 1. The van der Waals surface area contributed by atoms with Crippen LogP contribution < -0.4 is 5.32 Å². The molecule has 3 rings (SSSR count). The van der Waals surface area contributed by atoms with Gasteiger partial charge in [0.25, 0.3) is 0 Å². The van der Waals surface area contributed by atoms with Gasteiger partial charge in [-0.3, -0.25) is 9.78 Å². The average Bonchev–Trinajstić information content (AvgIpc) is 3.04. The number of ketones is 1. The molecule has 0 radical (unpaired) electrons. The number of Topliss-reactive ketones (excluding diaryl/α,β-unsaturated/α-hetero) is 1. The summed E-state index contributed by atoms with van der Waals surface area (Å²) in [5.41, 5.74) is 2.96. The van der Waals surface area contributed by atoms with Crippen molar-refractivity contribution in [2.75, 3.05) is 11.9 Å². The number of aromatic nitrogens is 1. The second-order valence-corrected chi connectivity index (χ2v) is 5.93. The predicted octanol–water partition coefficient (Wildman–Crippen LogP) is 2.77.